The molecule has 1 aromatic rings. The minimum absolute atomic E-state index is 0.215. The number of ether oxygens (including phenoxy) is 2. The van der Waals surface area contributed by atoms with Gasteiger partial charge in [-0.2, -0.15) is 0 Å². The van der Waals surface area contributed by atoms with E-state index in [-0.39, 0.29) is 6.61 Å². The first-order valence-electron chi connectivity index (χ1n) is 4.15. The molecule has 0 N–H and O–H groups in total. The SMILES string of the molecule is C=CC(=O)OCCOc1ccncc1. The van der Waals surface area contributed by atoms with Gasteiger partial charge in [-0.05, 0) is 12.1 Å². The number of hydrogen-bond acceptors (Lipinski definition) is 4. The maximum Gasteiger partial charge on any atom is 0.330 e. The maximum absolute atomic E-state index is 10.6. The van der Waals surface area contributed by atoms with Crippen molar-refractivity contribution in [2.24, 2.45) is 0 Å². The molecule has 4 nitrogen and oxygen atoms in total. The van der Waals surface area contributed by atoms with Crippen LogP contribution in [0.3, 0.4) is 0 Å². The molecule has 74 valence electrons. The molecule has 0 saturated carbocycles. The molecule has 0 fully saturated rings. The second-order valence-corrected chi connectivity index (χ2v) is 2.40. The lowest BCUT2D eigenvalue weighted by Gasteiger charge is -2.05. The Hall–Kier alpha value is -1.84. The number of carbonyl (C=O) groups is 1. The minimum atomic E-state index is -0.441. The van der Waals surface area contributed by atoms with Crippen LogP contribution in [0.5, 0.6) is 5.75 Å². The summed E-state index contributed by atoms with van der Waals surface area (Å²) in [5.41, 5.74) is 0. The van der Waals surface area contributed by atoms with E-state index in [9.17, 15) is 4.79 Å². The molecule has 0 aliphatic rings. The van der Waals surface area contributed by atoms with Gasteiger partial charge in [0.05, 0.1) is 0 Å². The van der Waals surface area contributed by atoms with Gasteiger partial charge in [-0.3, -0.25) is 4.98 Å². The van der Waals surface area contributed by atoms with E-state index in [1.807, 2.05) is 0 Å². The summed E-state index contributed by atoms with van der Waals surface area (Å²) in [6.45, 7) is 3.81. The molecule has 0 aromatic carbocycles. The lowest BCUT2D eigenvalue weighted by Crippen LogP contribution is -2.10. The Labute approximate surface area is 82.2 Å². The van der Waals surface area contributed by atoms with Crippen LogP contribution in [-0.4, -0.2) is 24.2 Å². The predicted octanol–water partition coefficient (Wildman–Crippen LogP) is 1.19. The predicted molar refractivity (Wildman–Crippen MR) is 50.9 cm³/mol. The van der Waals surface area contributed by atoms with E-state index >= 15 is 0 Å². The van der Waals surface area contributed by atoms with Crippen molar-refractivity contribution in [1.29, 1.82) is 0 Å². The summed E-state index contributed by atoms with van der Waals surface area (Å²) in [4.78, 5) is 14.5. The highest BCUT2D eigenvalue weighted by Crippen LogP contribution is 2.05. The summed E-state index contributed by atoms with van der Waals surface area (Å²) >= 11 is 0. The fraction of sp³-hybridized carbons (Fsp3) is 0.200. The van der Waals surface area contributed by atoms with E-state index in [1.54, 1.807) is 24.5 Å². The zero-order valence-electron chi connectivity index (χ0n) is 7.68. The summed E-state index contributed by atoms with van der Waals surface area (Å²) in [6, 6.07) is 3.46. The van der Waals surface area contributed by atoms with Crippen LogP contribution >= 0.6 is 0 Å². The van der Waals surface area contributed by atoms with Gasteiger partial charge >= 0.3 is 5.97 Å². The molecule has 0 bridgehead atoms. The number of hydrogen-bond donors (Lipinski definition) is 0. The third-order valence-electron chi connectivity index (χ3n) is 1.41. The van der Waals surface area contributed by atoms with Gasteiger partial charge in [0.1, 0.15) is 19.0 Å². The molecule has 0 saturated heterocycles. The maximum atomic E-state index is 10.6. The largest absolute Gasteiger partial charge is 0.490 e. The number of aromatic nitrogens is 1. The Morgan fingerprint density at radius 3 is 2.79 bits per heavy atom. The van der Waals surface area contributed by atoms with Crippen LogP contribution in [0.15, 0.2) is 37.2 Å². The molecule has 0 radical (unpaired) electrons. The normalized spacial score (nSPS) is 9.14. The van der Waals surface area contributed by atoms with Gasteiger partial charge in [-0.15, -0.1) is 0 Å². The second-order valence-electron chi connectivity index (χ2n) is 2.40. The van der Waals surface area contributed by atoms with Crippen molar-refractivity contribution in [2.75, 3.05) is 13.2 Å². The highest BCUT2D eigenvalue weighted by Gasteiger charge is 1.95. The quantitative estimate of drug-likeness (QED) is 0.400. The molecular formula is C10H11NO3. The van der Waals surface area contributed by atoms with Crippen molar-refractivity contribution >= 4 is 5.97 Å². The summed E-state index contributed by atoms with van der Waals surface area (Å²) in [5, 5.41) is 0. The Morgan fingerprint density at radius 2 is 2.14 bits per heavy atom. The molecule has 0 aliphatic heterocycles. The number of esters is 1. The van der Waals surface area contributed by atoms with Crippen molar-refractivity contribution in [2.45, 2.75) is 0 Å². The van der Waals surface area contributed by atoms with E-state index in [1.165, 1.54) is 0 Å². The second kappa shape index (κ2) is 5.75. The van der Waals surface area contributed by atoms with Gasteiger partial charge in [-0.25, -0.2) is 4.79 Å². The van der Waals surface area contributed by atoms with E-state index < -0.39 is 5.97 Å². The van der Waals surface area contributed by atoms with E-state index in [4.69, 9.17) is 9.47 Å². The fourth-order valence-electron chi connectivity index (χ4n) is 0.795. The third kappa shape index (κ3) is 3.71. The third-order valence-corrected chi connectivity index (χ3v) is 1.41. The van der Waals surface area contributed by atoms with Gasteiger partial charge in [0.2, 0.25) is 0 Å². The monoisotopic (exact) mass is 193 g/mol. The molecule has 1 aromatic heterocycles. The minimum Gasteiger partial charge on any atom is -0.490 e. The number of carbonyl (C=O) groups excluding carboxylic acids is 1. The van der Waals surface area contributed by atoms with Crippen molar-refractivity contribution in [1.82, 2.24) is 4.98 Å². The Bertz CT molecular complexity index is 297. The number of pyridine rings is 1. The Kier molecular flexibility index (Phi) is 4.20. The van der Waals surface area contributed by atoms with Gasteiger partial charge in [0.25, 0.3) is 0 Å². The smallest absolute Gasteiger partial charge is 0.330 e. The molecule has 14 heavy (non-hydrogen) atoms. The molecule has 0 unspecified atom stereocenters. The Balaban J connectivity index is 2.16. The zero-order valence-corrected chi connectivity index (χ0v) is 7.68. The van der Waals surface area contributed by atoms with E-state index in [0.717, 1.165) is 6.08 Å². The van der Waals surface area contributed by atoms with Crippen LogP contribution in [0.1, 0.15) is 0 Å². The Morgan fingerprint density at radius 1 is 1.43 bits per heavy atom. The standard InChI is InChI=1S/C10H11NO3/c1-2-10(12)14-8-7-13-9-3-5-11-6-4-9/h2-6H,1,7-8H2. The topological polar surface area (TPSA) is 48.4 Å². The summed E-state index contributed by atoms with van der Waals surface area (Å²) in [5.74, 6) is 0.262. The van der Waals surface area contributed by atoms with Crippen molar-refractivity contribution in [3.63, 3.8) is 0 Å². The van der Waals surface area contributed by atoms with Gasteiger partial charge in [0, 0.05) is 18.5 Å². The molecular weight excluding hydrogens is 182 g/mol. The molecule has 4 heteroatoms. The molecule has 0 amide bonds. The van der Waals surface area contributed by atoms with Gasteiger partial charge in [-0.1, -0.05) is 6.58 Å². The highest BCUT2D eigenvalue weighted by atomic mass is 16.6. The first-order chi connectivity index (χ1) is 6.83. The number of nitrogens with zero attached hydrogens (tertiary/aromatic N) is 1. The molecule has 0 spiro atoms. The van der Waals surface area contributed by atoms with E-state index in [0.29, 0.717) is 12.4 Å². The van der Waals surface area contributed by atoms with Crippen molar-refractivity contribution in [3.05, 3.63) is 37.2 Å². The lowest BCUT2D eigenvalue weighted by molar-refractivity contribution is -0.138. The van der Waals surface area contributed by atoms with Crippen LogP contribution in [0.4, 0.5) is 0 Å². The van der Waals surface area contributed by atoms with Crippen LogP contribution in [0.25, 0.3) is 0 Å². The van der Waals surface area contributed by atoms with Crippen molar-refractivity contribution in [3.8, 4) is 5.75 Å². The lowest BCUT2D eigenvalue weighted by atomic mass is 10.4. The summed E-state index contributed by atoms with van der Waals surface area (Å²) < 4.78 is 9.96. The zero-order chi connectivity index (χ0) is 10.2. The highest BCUT2D eigenvalue weighted by molar-refractivity contribution is 5.81. The van der Waals surface area contributed by atoms with Crippen LogP contribution < -0.4 is 4.74 Å². The molecule has 0 atom stereocenters. The summed E-state index contributed by atoms with van der Waals surface area (Å²) in [7, 11) is 0. The first kappa shape index (κ1) is 10.2. The van der Waals surface area contributed by atoms with Crippen LogP contribution in [0, 0.1) is 0 Å². The van der Waals surface area contributed by atoms with E-state index in [2.05, 4.69) is 11.6 Å². The average Bonchev–Trinajstić information content (AvgIpc) is 2.25. The number of rotatable bonds is 5. The van der Waals surface area contributed by atoms with Gasteiger partial charge in [0.15, 0.2) is 0 Å². The first-order valence-corrected chi connectivity index (χ1v) is 4.15. The fourth-order valence-corrected chi connectivity index (χ4v) is 0.795. The van der Waals surface area contributed by atoms with Crippen molar-refractivity contribution < 1.29 is 14.3 Å². The van der Waals surface area contributed by atoms with Crippen LogP contribution in [-0.2, 0) is 9.53 Å². The molecule has 0 aliphatic carbocycles. The summed E-state index contributed by atoms with van der Waals surface area (Å²) in [6.07, 6.45) is 4.38. The van der Waals surface area contributed by atoms with Crippen LogP contribution in [0.2, 0.25) is 0 Å². The average molecular weight is 193 g/mol. The molecule has 1 rings (SSSR count). The molecule has 1 heterocycles. The van der Waals surface area contributed by atoms with Gasteiger partial charge < -0.3 is 9.47 Å².